The van der Waals surface area contributed by atoms with Gasteiger partial charge in [-0.1, -0.05) is 84.9 Å². The second-order valence-corrected chi connectivity index (χ2v) is 10.6. The molecule has 3 rings (SSSR count). The van der Waals surface area contributed by atoms with E-state index in [1.165, 1.54) is 0 Å². The van der Waals surface area contributed by atoms with Crippen LogP contribution in [0, 0.1) is 0 Å². The van der Waals surface area contributed by atoms with Gasteiger partial charge in [-0.3, -0.25) is 14.6 Å². The smallest absolute Gasteiger partial charge is 0.475 e. The first-order valence-corrected chi connectivity index (χ1v) is 15.5. The van der Waals surface area contributed by atoms with E-state index in [0.717, 1.165) is 22.3 Å². The van der Waals surface area contributed by atoms with Crippen molar-refractivity contribution in [2.75, 3.05) is 13.2 Å². The van der Waals surface area contributed by atoms with Gasteiger partial charge in [0, 0.05) is 19.6 Å². The lowest BCUT2D eigenvalue weighted by atomic mass is 9.90. The Hall–Kier alpha value is -6.13. The Labute approximate surface area is 291 Å². The second-order valence-electron chi connectivity index (χ2n) is 10.6. The molecular formula is C34H40F3N7O7. The van der Waals surface area contributed by atoms with Crippen molar-refractivity contribution < 1.29 is 47.0 Å². The number of guanidine groups is 1. The minimum absolute atomic E-state index is 0.0402. The van der Waals surface area contributed by atoms with Gasteiger partial charge in [0.2, 0.25) is 11.8 Å². The number of carbonyl (C=O) groups excluding carboxylic acids is 4. The van der Waals surface area contributed by atoms with Crippen LogP contribution in [0.1, 0.15) is 47.9 Å². The lowest BCUT2D eigenvalue weighted by Crippen LogP contribution is -2.48. The van der Waals surface area contributed by atoms with E-state index in [2.05, 4.69) is 31.0 Å². The average molecular weight is 716 g/mol. The zero-order valence-corrected chi connectivity index (χ0v) is 27.6. The van der Waals surface area contributed by atoms with E-state index in [0.29, 0.717) is 19.4 Å². The number of benzene rings is 3. The van der Waals surface area contributed by atoms with Crippen LogP contribution in [-0.4, -0.2) is 66.3 Å². The molecule has 9 N–H and O–H groups in total. The predicted octanol–water partition coefficient (Wildman–Crippen LogP) is 3.26. The summed E-state index contributed by atoms with van der Waals surface area (Å²) >= 11 is 0. The summed E-state index contributed by atoms with van der Waals surface area (Å²) in [6, 6.07) is 24.5. The number of nitrogens with one attached hydrogen (secondary N) is 4. The molecule has 274 valence electrons. The van der Waals surface area contributed by atoms with Gasteiger partial charge in [-0.2, -0.15) is 13.2 Å². The number of carboxylic acid groups (broad SMARTS) is 1. The number of carboxylic acids is 1. The van der Waals surface area contributed by atoms with E-state index in [9.17, 15) is 32.3 Å². The van der Waals surface area contributed by atoms with Crippen molar-refractivity contribution in [2.24, 2.45) is 16.5 Å². The van der Waals surface area contributed by atoms with Crippen LogP contribution in [0.5, 0.6) is 0 Å². The van der Waals surface area contributed by atoms with E-state index in [4.69, 9.17) is 21.4 Å². The van der Waals surface area contributed by atoms with Crippen molar-refractivity contribution in [1.82, 2.24) is 21.3 Å². The van der Waals surface area contributed by atoms with Gasteiger partial charge < -0.3 is 37.3 Å². The number of halogens is 3. The van der Waals surface area contributed by atoms with Crippen molar-refractivity contribution in [3.05, 3.63) is 107 Å². The van der Waals surface area contributed by atoms with E-state index in [-0.39, 0.29) is 37.5 Å². The molecule has 17 heteroatoms. The first-order chi connectivity index (χ1) is 24.2. The molecule has 51 heavy (non-hydrogen) atoms. The zero-order valence-electron chi connectivity index (χ0n) is 27.6. The zero-order chi connectivity index (χ0) is 37.8. The van der Waals surface area contributed by atoms with Crippen molar-refractivity contribution >= 4 is 35.9 Å². The molecule has 0 aliphatic carbocycles. The van der Waals surface area contributed by atoms with Crippen molar-refractivity contribution in [3.63, 3.8) is 0 Å². The number of nitrogens with two attached hydrogens (primary N) is 2. The molecule has 0 unspecified atom stereocenters. The predicted molar refractivity (Wildman–Crippen MR) is 181 cm³/mol. The Balaban J connectivity index is 0.00000116. The highest BCUT2D eigenvalue weighted by Crippen LogP contribution is 2.25. The van der Waals surface area contributed by atoms with Crippen LogP contribution in [-0.2, 0) is 32.2 Å². The summed E-state index contributed by atoms with van der Waals surface area (Å²) in [6.07, 6.45) is -5.11. The van der Waals surface area contributed by atoms with E-state index >= 15 is 0 Å². The minimum atomic E-state index is -5.08. The Kier molecular flexibility index (Phi) is 17.0. The first-order valence-electron chi connectivity index (χ1n) is 15.5. The van der Waals surface area contributed by atoms with Gasteiger partial charge in [0.25, 0.3) is 0 Å². The molecular weight excluding hydrogens is 675 g/mol. The van der Waals surface area contributed by atoms with Crippen LogP contribution < -0.4 is 32.7 Å². The number of aliphatic imine (C=N–C) groups is 1. The molecule has 0 saturated heterocycles. The standard InChI is InChI=1S/C32H39N7O5.C2HF3O2/c1-2-44-32(43)39-31(42)37-21-23-17-15-22(16-18-23)20-36-28(40)26(14-9-19-35-30(33)34)38-29(41)27(24-10-5-3-6-11-24)25-12-7-4-8-13-25;3-2(4,5)1(6)7/h3-8,10-13,15-18,26-27H,2,9,14,19-21H2,1H3,(H,36,40)(H,38,41)(H4,33,34,35)(H2,37,39,42,43);(H,6,7)/t26-;/m1./s1. The van der Waals surface area contributed by atoms with E-state index in [1.807, 2.05) is 72.8 Å². The molecule has 0 bridgehead atoms. The highest BCUT2D eigenvalue weighted by Gasteiger charge is 2.38. The number of rotatable bonds is 14. The van der Waals surface area contributed by atoms with Gasteiger partial charge in [-0.25, -0.2) is 19.7 Å². The second kappa shape index (κ2) is 21.1. The van der Waals surface area contributed by atoms with Crippen LogP contribution in [0.25, 0.3) is 0 Å². The summed E-state index contributed by atoms with van der Waals surface area (Å²) in [5.74, 6) is -4.04. The third-order valence-electron chi connectivity index (χ3n) is 6.78. The minimum Gasteiger partial charge on any atom is -0.475 e. The average Bonchev–Trinajstić information content (AvgIpc) is 3.09. The van der Waals surface area contributed by atoms with Gasteiger partial charge in [0.05, 0.1) is 12.5 Å². The number of aliphatic carboxylic acids is 1. The molecule has 0 heterocycles. The number of carbonyl (C=O) groups is 5. The molecule has 5 amide bonds. The largest absolute Gasteiger partial charge is 0.490 e. The molecule has 1 atom stereocenters. The molecule has 0 spiro atoms. The number of nitrogens with zero attached hydrogens (tertiary/aromatic N) is 1. The molecule has 0 fully saturated rings. The van der Waals surface area contributed by atoms with Gasteiger partial charge in [-0.05, 0) is 42.0 Å². The van der Waals surface area contributed by atoms with Crippen molar-refractivity contribution in [1.29, 1.82) is 0 Å². The van der Waals surface area contributed by atoms with Crippen LogP contribution >= 0.6 is 0 Å². The molecule has 0 aromatic heterocycles. The number of amides is 5. The lowest BCUT2D eigenvalue weighted by Gasteiger charge is -2.23. The Morgan fingerprint density at radius 2 is 1.29 bits per heavy atom. The maximum Gasteiger partial charge on any atom is 0.490 e. The molecule has 0 aliphatic rings. The maximum atomic E-state index is 13.7. The fourth-order valence-corrected chi connectivity index (χ4v) is 4.39. The summed E-state index contributed by atoms with van der Waals surface area (Å²) < 4.78 is 36.4. The summed E-state index contributed by atoms with van der Waals surface area (Å²) in [5.41, 5.74) is 14.1. The van der Waals surface area contributed by atoms with Gasteiger partial charge in [0.15, 0.2) is 5.96 Å². The topological polar surface area (TPSA) is 227 Å². The fraction of sp³-hybridized carbons (Fsp3) is 0.294. The third-order valence-corrected chi connectivity index (χ3v) is 6.78. The van der Waals surface area contributed by atoms with Crippen molar-refractivity contribution in [2.45, 2.75) is 51.0 Å². The number of alkyl halides is 3. The van der Waals surface area contributed by atoms with Crippen molar-refractivity contribution in [3.8, 4) is 0 Å². The number of hydrogen-bond acceptors (Lipinski definition) is 7. The van der Waals surface area contributed by atoms with E-state index < -0.39 is 36.2 Å². The molecule has 14 nitrogen and oxygen atoms in total. The van der Waals surface area contributed by atoms with Crippen LogP contribution in [0.15, 0.2) is 89.9 Å². The van der Waals surface area contributed by atoms with Gasteiger partial charge >= 0.3 is 24.3 Å². The van der Waals surface area contributed by atoms with Gasteiger partial charge in [-0.15, -0.1) is 0 Å². The van der Waals surface area contributed by atoms with E-state index in [1.54, 1.807) is 19.1 Å². The number of alkyl carbamates (subject to hydrolysis) is 1. The molecule has 3 aromatic carbocycles. The number of urea groups is 1. The number of imide groups is 1. The molecule has 0 saturated carbocycles. The number of hydrogen-bond donors (Lipinski definition) is 7. The van der Waals surface area contributed by atoms with Crippen LogP contribution in [0.4, 0.5) is 22.8 Å². The van der Waals surface area contributed by atoms with Gasteiger partial charge in [0.1, 0.15) is 6.04 Å². The monoisotopic (exact) mass is 715 g/mol. The Morgan fingerprint density at radius 1 is 0.804 bits per heavy atom. The summed E-state index contributed by atoms with van der Waals surface area (Å²) in [7, 11) is 0. The number of ether oxygens (including phenoxy) is 1. The lowest BCUT2D eigenvalue weighted by molar-refractivity contribution is -0.192. The summed E-state index contributed by atoms with van der Waals surface area (Å²) in [4.78, 5) is 63.1. The maximum absolute atomic E-state index is 13.7. The highest BCUT2D eigenvalue weighted by atomic mass is 19.4. The Morgan fingerprint density at radius 3 is 1.75 bits per heavy atom. The van der Waals surface area contributed by atoms with Crippen LogP contribution in [0.2, 0.25) is 0 Å². The first kappa shape index (κ1) is 41.0. The third kappa shape index (κ3) is 15.8. The summed E-state index contributed by atoms with van der Waals surface area (Å²) in [6.45, 7) is 2.52. The highest BCUT2D eigenvalue weighted by molar-refractivity contribution is 5.92. The summed E-state index contributed by atoms with van der Waals surface area (Å²) in [5, 5.41) is 17.6. The quantitative estimate of drug-likeness (QED) is 0.0737. The molecule has 0 aliphatic heterocycles. The molecule has 0 radical (unpaired) electrons. The Bertz CT molecular complexity index is 1560. The van der Waals surface area contributed by atoms with Crippen LogP contribution in [0.3, 0.4) is 0 Å². The normalized spacial score (nSPS) is 11.2. The molecule has 3 aromatic rings. The fourth-order valence-electron chi connectivity index (χ4n) is 4.39. The SMILES string of the molecule is CCOC(=O)NC(=O)NCc1ccc(CNC(=O)[C@@H](CCCN=C(N)N)NC(=O)C(c2ccccc2)c2ccccc2)cc1.O=C(O)C(F)(F)F.